The van der Waals surface area contributed by atoms with Gasteiger partial charge in [-0.15, -0.1) is 0 Å². The first-order chi connectivity index (χ1) is 13.1. The summed E-state index contributed by atoms with van der Waals surface area (Å²) in [7, 11) is 0. The highest BCUT2D eigenvalue weighted by Gasteiger charge is 2.30. The molecular weight excluding hydrogens is 336 g/mol. The molecule has 2 saturated carbocycles. The maximum Gasteiger partial charge on any atom is -0.0354 e. The summed E-state index contributed by atoms with van der Waals surface area (Å²) >= 11 is 0. The molecule has 2 aliphatic rings. The van der Waals surface area contributed by atoms with Crippen LogP contribution in [0.3, 0.4) is 0 Å². The van der Waals surface area contributed by atoms with Crippen molar-refractivity contribution in [2.45, 2.75) is 138 Å². The van der Waals surface area contributed by atoms with Gasteiger partial charge in [0.2, 0.25) is 0 Å². The standard InChI is InChI=1S/C28H54/c1-22(10-8-12-23-14-18-25(19-15-23)27(2,3)4)11-9-13-24-16-20-26(21-17-24)28(5,6)7/h22-26H,8-21H2,1-7H3. The molecule has 28 heavy (non-hydrogen) atoms. The number of rotatable bonds is 8. The molecular formula is C28H54. The highest BCUT2D eigenvalue weighted by atomic mass is 14.4. The summed E-state index contributed by atoms with van der Waals surface area (Å²) in [5, 5.41) is 0. The van der Waals surface area contributed by atoms with Crippen molar-refractivity contribution in [3.63, 3.8) is 0 Å². The smallest absolute Gasteiger partial charge is 0.0354 e. The van der Waals surface area contributed by atoms with Crippen LogP contribution in [0.2, 0.25) is 0 Å². The van der Waals surface area contributed by atoms with Gasteiger partial charge in [-0.1, -0.05) is 113 Å². The highest BCUT2D eigenvalue weighted by molar-refractivity contribution is 4.81. The van der Waals surface area contributed by atoms with Crippen LogP contribution in [0.5, 0.6) is 0 Å². The summed E-state index contributed by atoms with van der Waals surface area (Å²) in [6.07, 6.45) is 20.9. The zero-order valence-electron chi connectivity index (χ0n) is 20.8. The van der Waals surface area contributed by atoms with E-state index in [4.69, 9.17) is 0 Å². The molecule has 0 spiro atoms. The van der Waals surface area contributed by atoms with Crippen molar-refractivity contribution in [2.24, 2.45) is 40.4 Å². The SMILES string of the molecule is CC(CCCC1CCC(C(C)(C)C)CC1)CCCC1CCC(C(C)(C)C)CC1. The van der Waals surface area contributed by atoms with Crippen LogP contribution in [0.15, 0.2) is 0 Å². The Balaban J connectivity index is 1.49. The minimum Gasteiger partial charge on any atom is -0.0625 e. The van der Waals surface area contributed by atoms with E-state index >= 15 is 0 Å². The van der Waals surface area contributed by atoms with E-state index in [1.54, 1.807) is 0 Å². The summed E-state index contributed by atoms with van der Waals surface area (Å²) in [6.45, 7) is 17.2. The highest BCUT2D eigenvalue weighted by Crippen LogP contribution is 2.42. The van der Waals surface area contributed by atoms with E-state index in [9.17, 15) is 0 Å². The molecule has 0 saturated heterocycles. The molecule has 166 valence electrons. The molecule has 0 bridgehead atoms. The maximum absolute atomic E-state index is 2.52. The Morgan fingerprint density at radius 3 is 1.18 bits per heavy atom. The predicted molar refractivity (Wildman–Crippen MR) is 127 cm³/mol. The first kappa shape index (κ1) is 24.3. The third-order valence-corrected chi connectivity index (χ3v) is 8.76. The van der Waals surface area contributed by atoms with Gasteiger partial charge in [0.25, 0.3) is 0 Å². The van der Waals surface area contributed by atoms with Gasteiger partial charge in [-0.3, -0.25) is 0 Å². The third kappa shape index (κ3) is 8.39. The number of hydrogen-bond donors (Lipinski definition) is 0. The van der Waals surface area contributed by atoms with Crippen LogP contribution < -0.4 is 0 Å². The average molecular weight is 391 g/mol. The second-order valence-corrected chi connectivity index (χ2v) is 13.1. The minimum atomic E-state index is 0.533. The Kier molecular flexibility index (Phi) is 9.41. The van der Waals surface area contributed by atoms with E-state index in [0.29, 0.717) is 10.8 Å². The zero-order valence-corrected chi connectivity index (χ0v) is 20.8. The Hall–Kier alpha value is 0. The topological polar surface area (TPSA) is 0 Å². The molecule has 2 aliphatic carbocycles. The van der Waals surface area contributed by atoms with Gasteiger partial charge in [-0.2, -0.15) is 0 Å². The normalized spacial score (nSPS) is 31.0. The van der Waals surface area contributed by atoms with Gasteiger partial charge in [0.1, 0.15) is 0 Å². The lowest BCUT2D eigenvalue weighted by Gasteiger charge is -2.37. The van der Waals surface area contributed by atoms with Crippen LogP contribution in [0.4, 0.5) is 0 Å². The van der Waals surface area contributed by atoms with Crippen LogP contribution in [-0.2, 0) is 0 Å². The van der Waals surface area contributed by atoms with E-state index in [2.05, 4.69) is 48.5 Å². The second kappa shape index (κ2) is 10.9. The fourth-order valence-corrected chi connectivity index (χ4v) is 6.29. The van der Waals surface area contributed by atoms with Crippen LogP contribution in [-0.4, -0.2) is 0 Å². The lowest BCUT2D eigenvalue weighted by Crippen LogP contribution is -2.26. The predicted octanol–water partition coefficient (Wildman–Crippen LogP) is 9.67. The molecule has 2 rings (SSSR count). The Labute approximate surface area is 179 Å². The first-order valence-corrected chi connectivity index (χ1v) is 13.1. The van der Waals surface area contributed by atoms with Gasteiger partial charge in [-0.05, 0) is 66.1 Å². The zero-order chi connectivity index (χ0) is 20.8. The van der Waals surface area contributed by atoms with E-state index < -0.39 is 0 Å². The minimum absolute atomic E-state index is 0.533. The van der Waals surface area contributed by atoms with Gasteiger partial charge in [-0.25, -0.2) is 0 Å². The second-order valence-electron chi connectivity index (χ2n) is 13.1. The van der Waals surface area contributed by atoms with Crippen molar-refractivity contribution in [1.29, 1.82) is 0 Å². The molecule has 0 N–H and O–H groups in total. The van der Waals surface area contributed by atoms with Crippen molar-refractivity contribution in [3.05, 3.63) is 0 Å². The summed E-state index contributed by atoms with van der Waals surface area (Å²) in [5.41, 5.74) is 1.07. The fraction of sp³-hybridized carbons (Fsp3) is 1.00. The molecule has 0 heterocycles. The van der Waals surface area contributed by atoms with Crippen LogP contribution in [0.1, 0.15) is 138 Å². The van der Waals surface area contributed by atoms with Crippen molar-refractivity contribution in [3.8, 4) is 0 Å². The Morgan fingerprint density at radius 2 is 0.893 bits per heavy atom. The molecule has 2 fully saturated rings. The van der Waals surface area contributed by atoms with Crippen LogP contribution in [0.25, 0.3) is 0 Å². The van der Waals surface area contributed by atoms with E-state index in [-0.39, 0.29) is 0 Å². The van der Waals surface area contributed by atoms with Gasteiger partial charge >= 0.3 is 0 Å². The van der Waals surface area contributed by atoms with Crippen molar-refractivity contribution in [1.82, 2.24) is 0 Å². The maximum atomic E-state index is 2.52. The van der Waals surface area contributed by atoms with Crippen LogP contribution >= 0.6 is 0 Å². The van der Waals surface area contributed by atoms with Crippen molar-refractivity contribution < 1.29 is 0 Å². The molecule has 0 aromatic carbocycles. The van der Waals surface area contributed by atoms with Crippen LogP contribution in [0, 0.1) is 40.4 Å². The van der Waals surface area contributed by atoms with Gasteiger partial charge in [0, 0.05) is 0 Å². The lowest BCUT2D eigenvalue weighted by molar-refractivity contribution is 0.143. The summed E-state index contributed by atoms with van der Waals surface area (Å²) < 4.78 is 0. The quantitative estimate of drug-likeness (QED) is 0.387. The van der Waals surface area contributed by atoms with Crippen molar-refractivity contribution in [2.75, 3.05) is 0 Å². The molecule has 0 nitrogen and oxygen atoms in total. The van der Waals surface area contributed by atoms with Gasteiger partial charge in [0.05, 0.1) is 0 Å². The molecule has 0 atom stereocenters. The number of hydrogen-bond acceptors (Lipinski definition) is 0. The monoisotopic (exact) mass is 390 g/mol. The summed E-state index contributed by atoms with van der Waals surface area (Å²) in [4.78, 5) is 0. The molecule has 0 aromatic heterocycles. The molecule has 0 amide bonds. The van der Waals surface area contributed by atoms with E-state index in [1.807, 2.05) is 0 Å². The summed E-state index contributed by atoms with van der Waals surface area (Å²) in [6, 6.07) is 0. The van der Waals surface area contributed by atoms with Crippen molar-refractivity contribution >= 4 is 0 Å². The van der Waals surface area contributed by atoms with E-state index in [0.717, 1.165) is 29.6 Å². The van der Waals surface area contributed by atoms with Gasteiger partial charge in [0.15, 0.2) is 0 Å². The summed E-state index contributed by atoms with van der Waals surface area (Å²) in [5.74, 6) is 4.99. The fourth-order valence-electron chi connectivity index (χ4n) is 6.29. The molecule has 0 aliphatic heterocycles. The Morgan fingerprint density at radius 1 is 0.571 bits per heavy atom. The third-order valence-electron chi connectivity index (χ3n) is 8.76. The Bertz CT molecular complexity index is 364. The largest absolute Gasteiger partial charge is 0.0625 e. The van der Waals surface area contributed by atoms with Gasteiger partial charge < -0.3 is 0 Å². The van der Waals surface area contributed by atoms with E-state index in [1.165, 1.54) is 89.9 Å². The molecule has 0 aromatic rings. The lowest BCUT2D eigenvalue weighted by atomic mass is 9.69. The molecule has 0 radical (unpaired) electrons. The molecule has 0 heteroatoms. The first-order valence-electron chi connectivity index (χ1n) is 13.1. The molecule has 0 unspecified atom stereocenters. The average Bonchev–Trinajstić information content (AvgIpc) is 2.61.